The predicted octanol–water partition coefficient (Wildman–Crippen LogP) is 5.16. The number of aromatic carboxylic acids is 1. The zero-order valence-corrected chi connectivity index (χ0v) is 16.2. The molecule has 1 amide bonds. The lowest BCUT2D eigenvalue weighted by Crippen LogP contribution is -2.16. The number of benzene rings is 3. The van der Waals surface area contributed by atoms with E-state index in [1.807, 2.05) is 25.1 Å². The van der Waals surface area contributed by atoms with Gasteiger partial charge in [0.25, 0.3) is 0 Å². The van der Waals surface area contributed by atoms with Crippen LogP contribution in [0.5, 0.6) is 0 Å². The summed E-state index contributed by atoms with van der Waals surface area (Å²) in [6.45, 7) is 1.83. The predicted molar refractivity (Wildman–Crippen MR) is 114 cm³/mol. The van der Waals surface area contributed by atoms with Crippen LogP contribution in [-0.4, -0.2) is 22.0 Å². The second-order valence-electron chi connectivity index (χ2n) is 7.16. The van der Waals surface area contributed by atoms with Crippen molar-refractivity contribution >= 4 is 28.5 Å². The molecule has 1 heterocycles. The van der Waals surface area contributed by atoms with Gasteiger partial charge in [0, 0.05) is 17.1 Å². The SMILES string of the molecule is Cc1ccc(C(=O)O)c(NC(=O)Cc2c[nH]c3ccc(-c4ccc(F)cc4)cc23)c1. The van der Waals surface area contributed by atoms with Crippen molar-refractivity contribution in [3.8, 4) is 11.1 Å². The van der Waals surface area contributed by atoms with Gasteiger partial charge in [-0.25, -0.2) is 9.18 Å². The fraction of sp³-hybridized carbons (Fsp3) is 0.0833. The maximum absolute atomic E-state index is 13.2. The van der Waals surface area contributed by atoms with Crippen molar-refractivity contribution in [3.63, 3.8) is 0 Å². The van der Waals surface area contributed by atoms with Gasteiger partial charge in [-0.1, -0.05) is 24.3 Å². The molecule has 5 nitrogen and oxygen atoms in total. The first-order valence-electron chi connectivity index (χ1n) is 9.40. The van der Waals surface area contributed by atoms with Gasteiger partial charge in [0.1, 0.15) is 5.82 Å². The molecule has 0 aliphatic carbocycles. The number of nitrogens with one attached hydrogen (secondary N) is 2. The van der Waals surface area contributed by atoms with Gasteiger partial charge in [-0.2, -0.15) is 0 Å². The summed E-state index contributed by atoms with van der Waals surface area (Å²) in [6, 6.07) is 16.9. The Morgan fingerprint density at radius 1 is 1.00 bits per heavy atom. The van der Waals surface area contributed by atoms with E-state index in [2.05, 4.69) is 10.3 Å². The van der Waals surface area contributed by atoms with E-state index in [4.69, 9.17) is 0 Å². The highest BCUT2D eigenvalue weighted by Crippen LogP contribution is 2.27. The van der Waals surface area contributed by atoms with Gasteiger partial charge in [0.2, 0.25) is 5.91 Å². The number of aryl methyl sites for hydroxylation is 1. The van der Waals surface area contributed by atoms with Crippen molar-refractivity contribution in [1.82, 2.24) is 4.98 Å². The Hall–Kier alpha value is -3.93. The molecule has 30 heavy (non-hydrogen) atoms. The van der Waals surface area contributed by atoms with Crippen LogP contribution in [-0.2, 0) is 11.2 Å². The van der Waals surface area contributed by atoms with E-state index in [1.165, 1.54) is 18.2 Å². The summed E-state index contributed by atoms with van der Waals surface area (Å²) in [5.74, 6) is -1.70. The number of carbonyl (C=O) groups excluding carboxylic acids is 1. The molecule has 150 valence electrons. The second-order valence-corrected chi connectivity index (χ2v) is 7.16. The van der Waals surface area contributed by atoms with E-state index in [9.17, 15) is 19.1 Å². The van der Waals surface area contributed by atoms with E-state index >= 15 is 0 Å². The van der Waals surface area contributed by atoms with Gasteiger partial charge in [-0.05, 0) is 65.6 Å². The number of halogens is 1. The maximum Gasteiger partial charge on any atom is 0.337 e. The third kappa shape index (κ3) is 3.93. The van der Waals surface area contributed by atoms with Crippen LogP contribution >= 0.6 is 0 Å². The summed E-state index contributed by atoms with van der Waals surface area (Å²) in [4.78, 5) is 27.2. The molecule has 0 spiro atoms. The third-order valence-electron chi connectivity index (χ3n) is 4.98. The quantitative estimate of drug-likeness (QED) is 0.431. The molecule has 0 bridgehead atoms. The first-order chi connectivity index (χ1) is 14.4. The molecule has 0 radical (unpaired) electrons. The number of aromatic amines is 1. The van der Waals surface area contributed by atoms with Crippen molar-refractivity contribution < 1.29 is 19.1 Å². The molecule has 0 unspecified atom stereocenters. The van der Waals surface area contributed by atoms with E-state index in [-0.39, 0.29) is 29.4 Å². The lowest BCUT2D eigenvalue weighted by molar-refractivity contribution is -0.115. The molecular formula is C24H19FN2O3. The average molecular weight is 402 g/mol. The standard InChI is InChI=1S/C24H19FN2O3/c1-14-2-8-19(24(29)30)22(10-14)27-23(28)12-17-13-26-21-9-5-16(11-20(17)21)15-3-6-18(25)7-4-15/h2-11,13,26H,12H2,1H3,(H,27,28)(H,29,30). The number of H-pyrrole nitrogens is 1. The van der Waals surface area contributed by atoms with E-state index in [0.29, 0.717) is 0 Å². The molecule has 3 aromatic carbocycles. The van der Waals surface area contributed by atoms with Gasteiger partial charge in [-0.15, -0.1) is 0 Å². The van der Waals surface area contributed by atoms with Gasteiger partial charge in [-0.3, -0.25) is 4.79 Å². The molecule has 6 heteroatoms. The topological polar surface area (TPSA) is 82.2 Å². The largest absolute Gasteiger partial charge is 0.478 e. The van der Waals surface area contributed by atoms with Crippen molar-refractivity contribution in [2.45, 2.75) is 13.3 Å². The Bertz CT molecular complexity index is 1260. The minimum Gasteiger partial charge on any atom is -0.478 e. The molecular weight excluding hydrogens is 383 g/mol. The number of carboxylic acids is 1. The number of rotatable bonds is 5. The summed E-state index contributed by atoms with van der Waals surface area (Å²) >= 11 is 0. The van der Waals surface area contributed by atoms with Crippen molar-refractivity contribution in [2.24, 2.45) is 0 Å². The van der Waals surface area contributed by atoms with Gasteiger partial charge in [0.15, 0.2) is 0 Å². The summed E-state index contributed by atoms with van der Waals surface area (Å²) < 4.78 is 13.2. The number of fused-ring (bicyclic) bond motifs is 1. The zero-order valence-electron chi connectivity index (χ0n) is 16.2. The summed E-state index contributed by atoms with van der Waals surface area (Å²) in [7, 11) is 0. The fourth-order valence-corrected chi connectivity index (χ4v) is 3.46. The summed E-state index contributed by atoms with van der Waals surface area (Å²) in [6.07, 6.45) is 1.85. The van der Waals surface area contributed by atoms with Crippen LogP contribution in [0.2, 0.25) is 0 Å². The Kier molecular flexibility index (Phi) is 5.06. The van der Waals surface area contributed by atoms with Crippen LogP contribution in [0.15, 0.2) is 66.9 Å². The van der Waals surface area contributed by atoms with Crippen molar-refractivity contribution in [2.75, 3.05) is 5.32 Å². The normalized spacial score (nSPS) is 10.9. The van der Waals surface area contributed by atoms with Crippen molar-refractivity contribution in [3.05, 3.63) is 89.4 Å². The van der Waals surface area contributed by atoms with Crippen molar-refractivity contribution in [1.29, 1.82) is 0 Å². The molecule has 0 fully saturated rings. The van der Waals surface area contributed by atoms with Crippen LogP contribution in [0.3, 0.4) is 0 Å². The molecule has 4 aromatic rings. The number of hydrogen-bond acceptors (Lipinski definition) is 2. The van der Waals surface area contributed by atoms with Crippen LogP contribution in [0.1, 0.15) is 21.5 Å². The van der Waals surface area contributed by atoms with Gasteiger partial charge < -0.3 is 15.4 Å². The molecule has 0 saturated carbocycles. The molecule has 4 rings (SSSR count). The first-order valence-corrected chi connectivity index (χ1v) is 9.40. The number of hydrogen-bond donors (Lipinski definition) is 3. The van der Waals surface area contributed by atoms with Crippen LogP contribution in [0.25, 0.3) is 22.0 Å². The molecule has 0 aliphatic heterocycles. The highest BCUT2D eigenvalue weighted by atomic mass is 19.1. The van der Waals surface area contributed by atoms with E-state index in [1.54, 1.807) is 30.5 Å². The number of anilines is 1. The van der Waals surface area contributed by atoms with Crippen LogP contribution in [0, 0.1) is 12.7 Å². The maximum atomic E-state index is 13.2. The number of aromatic nitrogens is 1. The Labute approximate surface area is 172 Å². The molecule has 0 saturated heterocycles. The van der Waals surface area contributed by atoms with Gasteiger partial charge >= 0.3 is 5.97 Å². The Morgan fingerprint density at radius 3 is 2.47 bits per heavy atom. The number of amides is 1. The number of carboxylic acid groups (broad SMARTS) is 1. The van der Waals surface area contributed by atoms with Gasteiger partial charge in [0.05, 0.1) is 17.7 Å². The Morgan fingerprint density at radius 2 is 1.73 bits per heavy atom. The lowest BCUT2D eigenvalue weighted by atomic mass is 10.0. The molecule has 0 aliphatic rings. The minimum absolute atomic E-state index is 0.0477. The monoisotopic (exact) mass is 402 g/mol. The summed E-state index contributed by atoms with van der Waals surface area (Å²) in [5, 5.41) is 12.9. The molecule has 1 aromatic heterocycles. The molecule has 3 N–H and O–H groups in total. The summed E-state index contributed by atoms with van der Waals surface area (Å²) in [5.41, 5.74) is 4.63. The number of carbonyl (C=O) groups is 2. The first kappa shape index (κ1) is 19.4. The third-order valence-corrected chi connectivity index (χ3v) is 4.98. The van der Waals surface area contributed by atoms with E-state index in [0.717, 1.165) is 33.2 Å². The average Bonchev–Trinajstić information content (AvgIpc) is 3.10. The fourth-order valence-electron chi connectivity index (χ4n) is 3.46. The van der Waals surface area contributed by atoms with E-state index < -0.39 is 5.97 Å². The second kappa shape index (κ2) is 7.83. The minimum atomic E-state index is -1.10. The Balaban J connectivity index is 1.60. The van der Waals surface area contributed by atoms with Crippen LogP contribution < -0.4 is 5.32 Å². The zero-order chi connectivity index (χ0) is 21.3. The lowest BCUT2D eigenvalue weighted by Gasteiger charge is -2.09. The highest BCUT2D eigenvalue weighted by molar-refractivity contribution is 6.02. The smallest absolute Gasteiger partial charge is 0.337 e. The molecule has 0 atom stereocenters. The highest BCUT2D eigenvalue weighted by Gasteiger charge is 2.15. The van der Waals surface area contributed by atoms with Crippen LogP contribution in [0.4, 0.5) is 10.1 Å².